The first-order valence-electron chi connectivity index (χ1n) is 9.10. The zero-order valence-corrected chi connectivity index (χ0v) is 17.9. The third-order valence-corrected chi connectivity index (χ3v) is 5.81. The molecule has 1 unspecified atom stereocenters. The molecule has 2 aromatic heterocycles. The molecule has 3 aromatic rings. The number of hydrogen-bond donors (Lipinski definition) is 2. The Kier molecular flexibility index (Phi) is 6.15. The van der Waals surface area contributed by atoms with Gasteiger partial charge in [-0.05, 0) is 51.0 Å². The van der Waals surface area contributed by atoms with Crippen molar-refractivity contribution in [1.29, 1.82) is 0 Å². The van der Waals surface area contributed by atoms with E-state index in [-0.39, 0.29) is 23.3 Å². The number of hydrogen-bond acceptors (Lipinski definition) is 4. The molecule has 0 aliphatic carbocycles. The summed E-state index contributed by atoms with van der Waals surface area (Å²) in [6.45, 7) is 7.79. The lowest BCUT2D eigenvalue weighted by Crippen LogP contribution is -2.26. The number of amides is 1. The van der Waals surface area contributed by atoms with Gasteiger partial charge in [0.15, 0.2) is 5.16 Å². The van der Waals surface area contributed by atoms with E-state index >= 15 is 0 Å². The third-order valence-electron chi connectivity index (χ3n) is 4.62. The second-order valence-electron chi connectivity index (χ2n) is 6.84. The fourth-order valence-corrected chi connectivity index (χ4v) is 3.98. The number of fused-ring (bicyclic) bond motifs is 1. The van der Waals surface area contributed by atoms with Gasteiger partial charge in [0.2, 0.25) is 5.91 Å². The van der Waals surface area contributed by atoms with Crippen molar-refractivity contribution < 1.29 is 4.79 Å². The van der Waals surface area contributed by atoms with Crippen LogP contribution in [0.5, 0.6) is 0 Å². The molecular weight excluding hydrogens is 396 g/mol. The molecule has 2 heterocycles. The van der Waals surface area contributed by atoms with Crippen molar-refractivity contribution >= 4 is 46.0 Å². The number of aromatic nitrogens is 3. The molecule has 1 atom stereocenters. The van der Waals surface area contributed by atoms with Crippen LogP contribution in [-0.2, 0) is 4.79 Å². The zero-order chi connectivity index (χ0) is 20.4. The van der Waals surface area contributed by atoms with Gasteiger partial charge in [0.25, 0.3) is 5.56 Å². The Labute approximate surface area is 172 Å². The lowest BCUT2D eigenvalue weighted by Gasteiger charge is -2.17. The molecule has 0 saturated heterocycles. The number of rotatable bonds is 6. The first kappa shape index (κ1) is 20.5. The predicted octanol–water partition coefficient (Wildman–Crippen LogP) is 4.70. The van der Waals surface area contributed by atoms with Crippen LogP contribution in [0.1, 0.15) is 37.6 Å². The number of halogens is 1. The molecule has 0 bridgehead atoms. The Morgan fingerprint density at radius 1 is 1.36 bits per heavy atom. The largest absolute Gasteiger partial charge is 0.353 e. The summed E-state index contributed by atoms with van der Waals surface area (Å²) >= 11 is 7.27. The van der Waals surface area contributed by atoms with Crippen molar-refractivity contribution in [2.24, 2.45) is 0 Å². The number of H-pyrrole nitrogens is 1. The van der Waals surface area contributed by atoms with E-state index in [1.54, 1.807) is 16.7 Å². The standard InChI is InChI=1S/C20H23ClN4O2S/c1-5-13(4)25-19(27)18-16(8-12(3)22-18)24-20(25)28-10-17(26)23-15-9-14(21)7-6-11(15)2/h6-9,13,22H,5,10H2,1-4H3,(H,23,26). The number of aromatic amines is 1. The molecule has 6 nitrogen and oxygen atoms in total. The van der Waals surface area contributed by atoms with Gasteiger partial charge in [-0.1, -0.05) is 36.4 Å². The Balaban J connectivity index is 1.86. The minimum Gasteiger partial charge on any atom is -0.353 e. The summed E-state index contributed by atoms with van der Waals surface area (Å²) in [6.07, 6.45) is 0.786. The van der Waals surface area contributed by atoms with E-state index in [1.165, 1.54) is 11.8 Å². The topological polar surface area (TPSA) is 79.8 Å². The molecule has 1 amide bonds. The summed E-state index contributed by atoms with van der Waals surface area (Å²) in [4.78, 5) is 33.1. The van der Waals surface area contributed by atoms with Crippen LogP contribution < -0.4 is 10.9 Å². The molecule has 0 spiro atoms. The number of carbonyl (C=O) groups is 1. The van der Waals surface area contributed by atoms with E-state index in [0.29, 0.717) is 26.9 Å². The van der Waals surface area contributed by atoms with E-state index < -0.39 is 0 Å². The minimum absolute atomic E-state index is 0.0197. The molecule has 28 heavy (non-hydrogen) atoms. The van der Waals surface area contributed by atoms with Gasteiger partial charge in [0, 0.05) is 22.4 Å². The van der Waals surface area contributed by atoms with E-state index in [0.717, 1.165) is 17.7 Å². The number of benzene rings is 1. The van der Waals surface area contributed by atoms with Crippen LogP contribution in [0.2, 0.25) is 5.02 Å². The second kappa shape index (κ2) is 8.41. The fraction of sp³-hybridized carbons (Fsp3) is 0.350. The van der Waals surface area contributed by atoms with Gasteiger partial charge in [0.1, 0.15) is 5.52 Å². The molecule has 148 valence electrons. The van der Waals surface area contributed by atoms with Gasteiger partial charge in [-0.15, -0.1) is 0 Å². The summed E-state index contributed by atoms with van der Waals surface area (Å²) in [7, 11) is 0. The quantitative estimate of drug-likeness (QED) is 0.449. The molecule has 3 rings (SSSR count). The van der Waals surface area contributed by atoms with Gasteiger partial charge in [-0.2, -0.15) is 0 Å². The number of nitrogens with one attached hydrogen (secondary N) is 2. The minimum atomic E-state index is -0.175. The number of anilines is 1. The summed E-state index contributed by atoms with van der Waals surface area (Å²) in [6, 6.07) is 7.19. The summed E-state index contributed by atoms with van der Waals surface area (Å²) < 4.78 is 1.67. The van der Waals surface area contributed by atoms with Gasteiger partial charge in [0.05, 0.1) is 11.3 Å². The Hall–Kier alpha value is -2.25. The normalized spacial score (nSPS) is 12.3. The van der Waals surface area contributed by atoms with Crippen molar-refractivity contribution in [3.63, 3.8) is 0 Å². The monoisotopic (exact) mass is 418 g/mol. The molecular formula is C20H23ClN4O2S. The van der Waals surface area contributed by atoms with Crippen LogP contribution in [0.25, 0.3) is 11.0 Å². The van der Waals surface area contributed by atoms with E-state index in [9.17, 15) is 9.59 Å². The Morgan fingerprint density at radius 3 is 2.82 bits per heavy atom. The van der Waals surface area contributed by atoms with Gasteiger partial charge < -0.3 is 10.3 Å². The highest BCUT2D eigenvalue weighted by Gasteiger charge is 2.18. The summed E-state index contributed by atoms with van der Waals surface area (Å²) in [5.74, 6) is -0.0327. The first-order valence-corrected chi connectivity index (χ1v) is 10.5. The second-order valence-corrected chi connectivity index (χ2v) is 8.21. The fourth-order valence-electron chi connectivity index (χ4n) is 2.91. The van der Waals surface area contributed by atoms with Crippen LogP contribution in [0, 0.1) is 13.8 Å². The highest BCUT2D eigenvalue weighted by molar-refractivity contribution is 7.99. The zero-order valence-electron chi connectivity index (χ0n) is 16.3. The highest BCUT2D eigenvalue weighted by Crippen LogP contribution is 2.24. The Bertz CT molecular complexity index is 1090. The van der Waals surface area contributed by atoms with Crippen molar-refractivity contribution in [2.45, 2.75) is 45.3 Å². The van der Waals surface area contributed by atoms with Crippen LogP contribution in [-0.4, -0.2) is 26.2 Å². The Morgan fingerprint density at radius 2 is 2.11 bits per heavy atom. The van der Waals surface area contributed by atoms with Crippen molar-refractivity contribution in [3.05, 3.63) is 50.9 Å². The average Bonchev–Trinajstić information content (AvgIpc) is 3.03. The summed E-state index contributed by atoms with van der Waals surface area (Å²) in [5, 5.41) is 3.98. The lowest BCUT2D eigenvalue weighted by molar-refractivity contribution is -0.113. The number of thioether (sulfide) groups is 1. The maximum absolute atomic E-state index is 12.9. The van der Waals surface area contributed by atoms with Crippen LogP contribution >= 0.6 is 23.4 Å². The first-order chi connectivity index (χ1) is 13.3. The van der Waals surface area contributed by atoms with Gasteiger partial charge in [-0.25, -0.2) is 4.98 Å². The lowest BCUT2D eigenvalue weighted by atomic mass is 10.2. The van der Waals surface area contributed by atoms with Crippen LogP contribution in [0.4, 0.5) is 5.69 Å². The molecule has 1 aromatic carbocycles. The van der Waals surface area contributed by atoms with Crippen molar-refractivity contribution in [3.8, 4) is 0 Å². The molecule has 0 aliphatic heterocycles. The SMILES string of the molecule is CCC(C)n1c(SCC(=O)Nc2cc(Cl)ccc2C)nc2cc(C)[nH]c2c1=O. The van der Waals surface area contributed by atoms with E-state index in [2.05, 4.69) is 15.3 Å². The number of carbonyl (C=O) groups excluding carboxylic acids is 1. The molecule has 0 fully saturated rings. The van der Waals surface area contributed by atoms with Crippen molar-refractivity contribution in [1.82, 2.24) is 14.5 Å². The van der Waals surface area contributed by atoms with Crippen LogP contribution in [0.15, 0.2) is 34.2 Å². The highest BCUT2D eigenvalue weighted by atomic mass is 35.5. The molecule has 8 heteroatoms. The predicted molar refractivity (Wildman–Crippen MR) is 116 cm³/mol. The number of nitrogens with zero attached hydrogens (tertiary/aromatic N) is 2. The van der Waals surface area contributed by atoms with Crippen LogP contribution in [0.3, 0.4) is 0 Å². The van der Waals surface area contributed by atoms with Gasteiger partial charge in [-0.3, -0.25) is 14.2 Å². The maximum atomic E-state index is 12.9. The molecule has 0 aliphatic rings. The average molecular weight is 419 g/mol. The van der Waals surface area contributed by atoms with E-state index in [1.807, 2.05) is 39.8 Å². The van der Waals surface area contributed by atoms with Gasteiger partial charge >= 0.3 is 0 Å². The maximum Gasteiger partial charge on any atom is 0.278 e. The molecule has 2 N–H and O–H groups in total. The van der Waals surface area contributed by atoms with Crippen molar-refractivity contribution in [2.75, 3.05) is 11.1 Å². The van der Waals surface area contributed by atoms with E-state index in [4.69, 9.17) is 11.6 Å². The smallest absolute Gasteiger partial charge is 0.278 e. The number of aryl methyl sites for hydroxylation is 2. The summed E-state index contributed by atoms with van der Waals surface area (Å²) in [5.41, 5.74) is 3.51. The molecule has 0 saturated carbocycles. The molecule has 0 radical (unpaired) electrons. The third kappa shape index (κ3) is 4.25.